The van der Waals surface area contributed by atoms with E-state index in [1.807, 2.05) is 0 Å². The van der Waals surface area contributed by atoms with Gasteiger partial charge in [0.15, 0.2) is 11.6 Å². The van der Waals surface area contributed by atoms with E-state index in [1.165, 1.54) is 0 Å². The Kier molecular flexibility index (Phi) is 4.44. The maximum atomic E-state index is 14.2. The monoisotopic (exact) mass is 356 g/mol. The van der Waals surface area contributed by atoms with Crippen LogP contribution in [0.15, 0.2) is 12.3 Å². The lowest BCUT2D eigenvalue weighted by Crippen LogP contribution is -2.48. The Hall–Kier alpha value is -2.52. The largest absolute Gasteiger partial charge is 0.433 e. The van der Waals surface area contributed by atoms with Crippen LogP contribution in [0.1, 0.15) is 17.2 Å². The summed E-state index contributed by atoms with van der Waals surface area (Å²) in [6.45, 7) is 4.77. The van der Waals surface area contributed by atoms with Gasteiger partial charge in [0.2, 0.25) is 5.95 Å². The van der Waals surface area contributed by atoms with Gasteiger partial charge in [-0.1, -0.05) is 0 Å². The molecule has 0 bridgehead atoms. The zero-order valence-electron chi connectivity index (χ0n) is 13.7. The summed E-state index contributed by atoms with van der Waals surface area (Å²) in [5.74, 6) is 0.228. The Morgan fingerprint density at radius 1 is 0.960 bits per heavy atom. The minimum absolute atomic E-state index is 0.0185. The second-order valence-electron chi connectivity index (χ2n) is 5.71. The maximum absolute atomic E-state index is 14.2. The van der Waals surface area contributed by atoms with Gasteiger partial charge < -0.3 is 9.80 Å². The number of aryl methyl sites for hydroxylation is 2. The number of hydrogen-bond acceptors (Lipinski definition) is 6. The molecule has 0 unspecified atom stereocenters. The van der Waals surface area contributed by atoms with Gasteiger partial charge in [0.05, 0.1) is 5.69 Å². The first-order valence-corrected chi connectivity index (χ1v) is 7.66. The van der Waals surface area contributed by atoms with Crippen molar-refractivity contribution >= 4 is 11.8 Å². The van der Waals surface area contributed by atoms with E-state index < -0.39 is 17.7 Å². The van der Waals surface area contributed by atoms with E-state index in [2.05, 4.69) is 19.9 Å². The van der Waals surface area contributed by atoms with Crippen molar-refractivity contribution in [3.05, 3.63) is 35.3 Å². The lowest BCUT2D eigenvalue weighted by atomic mass is 10.3. The van der Waals surface area contributed by atoms with Gasteiger partial charge in [-0.2, -0.15) is 13.2 Å². The predicted octanol–water partition coefficient (Wildman–Crippen LogP) is 2.37. The Bertz CT molecular complexity index is 771. The van der Waals surface area contributed by atoms with Gasteiger partial charge in [-0.3, -0.25) is 0 Å². The minimum Gasteiger partial charge on any atom is -0.351 e. The molecule has 25 heavy (non-hydrogen) atoms. The molecule has 134 valence electrons. The van der Waals surface area contributed by atoms with Crippen LogP contribution in [-0.2, 0) is 6.18 Å². The molecule has 1 aliphatic heterocycles. The first kappa shape index (κ1) is 17.3. The fourth-order valence-electron chi connectivity index (χ4n) is 2.67. The highest BCUT2D eigenvalue weighted by atomic mass is 19.4. The molecule has 1 fully saturated rings. The second kappa shape index (κ2) is 6.41. The van der Waals surface area contributed by atoms with E-state index in [4.69, 9.17) is 0 Å². The van der Waals surface area contributed by atoms with Crippen molar-refractivity contribution in [2.75, 3.05) is 36.0 Å². The Morgan fingerprint density at radius 3 is 2.24 bits per heavy atom. The molecule has 0 aliphatic carbocycles. The van der Waals surface area contributed by atoms with Crippen molar-refractivity contribution < 1.29 is 17.6 Å². The molecule has 0 amide bonds. The third-order valence-electron chi connectivity index (χ3n) is 3.91. The predicted molar refractivity (Wildman–Crippen MR) is 82.9 cm³/mol. The normalized spacial score (nSPS) is 15.6. The fraction of sp³-hybridized carbons (Fsp3) is 0.467. The van der Waals surface area contributed by atoms with Gasteiger partial charge in [-0.05, 0) is 19.9 Å². The smallest absolute Gasteiger partial charge is 0.351 e. The fourth-order valence-corrected chi connectivity index (χ4v) is 2.67. The Balaban J connectivity index is 1.75. The third-order valence-corrected chi connectivity index (χ3v) is 3.91. The molecule has 0 aromatic carbocycles. The maximum Gasteiger partial charge on any atom is 0.433 e. The topological polar surface area (TPSA) is 58.0 Å². The number of piperazine rings is 1. The highest BCUT2D eigenvalue weighted by Gasteiger charge is 2.33. The molecule has 0 spiro atoms. The molecule has 0 saturated carbocycles. The number of anilines is 2. The number of rotatable bonds is 2. The third kappa shape index (κ3) is 3.62. The summed E-state index contributed by atoms with van der Waals surface area (Å²) in [7, 11) is 0. The zero-order valence-corrected chi connectivity index (χ0v) is 13.7. The first-order valence-electron chi connectivity index (χ1n) is 7.66. The number of nitrogens with zero attached hydrogens (tertiary/aromatic N) is 6. The zero-order chi connectivity index (χ0) is 18.2. The standard InChI is InChI=1S/C15H16F4N6/c1-9-12(16)13(22-10(2)21-9)24-5-7-25(8-6-24)14-20-4-3-11(23-14)15(17,18)19/h3-4H,5-8H2,1-2H3. The van der Waals surface area contributed by atoms with E-state index in [9.17, 15) is 17.6 Å². The van der Waals surface area contributed by atoms with E-state index in [0.29, 0.717) is 32.0 Å². The molecule has 2 aromatic rings. The molecule has 3 rings (SSSR count). The van der Waals surface area contributed by atoms with Crippen LogP contribution in [-0.4, -0.2) is 46.1 Å². The second-order valence-corrected chi connectivity index (χ2v) is 5.71. The van der Waals surface area contributed by atoms with Crippen LogP contribution < -0.4 is 9.80 Å². The average Bonchev–Trinajstić information content (AvgIpc) is 2.58. The number of halogens is 4. The van der Waals surface area contributed by atoms with E-state index >= 15 is 0 Å². The summed E-state index contributed by atoms with van der Waals surface area (Å²) in [6, 6.07) is 0.835. The van der Waals surface area contributed by atoms with Crippen LogP contribution >= 0.6 is 0 Å². The minimum atomic E-state index is -4.52. The van der Waals surface area contributed by atoms with Crippen LogP contribution in [0.4, 0.5) is 29.3 Å². The van der Waals surface area contributed by atoms with Crippen LogP contribution in [0.3, 0.4) is 0 Å². The van der Waals surface area contributed by atoms with Crippen molar-refractivity contribution in [2.24, 2.45) is 0 Å². The van der Waals surface area contributed by atoms with Gasteiger partial charge in [0, 0.05) is 32.4 Å². The molecule has 6 nitrogen and oxygen atoms in total. The molecule has 1 saturated heterocycles. The van der Waals surface area contributed by atoms with Crippen LogP contribution in [0.5, 0.6) is 0 Å². The number of hydrogen-bond donors (Lipinski definition) is 0. The van der Waals surface area contributed by atoms with Crippen LogP contribution in [0, 0.1) is 19.7 Å². The average molecular weight is 356 g/mol. The summed E-state index contributed by atoms with van der Waals surface area (Å²) in [4.78, 5) is 19.0. The summed E-state index contributed by atoms with van der Waals surface area (Å²) < 4.78 is 52.5. The van der Waals surface area contributed by atoms with E-state index in [-0.39, 0.29) is 17.5 Å². The van der Waals surface area contributed by atoms with E-state index in [0.717, 1.165) is 12.3 Å². The van der Waals surface area contributed by atoms with Crippen molar-refractivity contribution in [1.29, 1.82) is 0 Å². The molecule has 10 heteroatoms. The van der Waals surface area contributed by atoms with E-state index in [1.54, 1.807) is 23.6 Å². The lowest BCUT2D eigenvalue weighted by Gasteiger charge is -2.35. The molecule has 1 aliphatic rings. The molecule has 0 atom stereocenters. The molecule has 0 N–H and O–H groups in total. The quantitative estimate of drug-likeness (QED) is 0.770. The van der Waals surface area contributed by atoms with Crippen LogP contribution in [0.25, 0.3) is 0 Å². The van der Waals surface area contributed by atoms with Gasteiger partial charge in [-0.25, -0.2) is 24.3 Å². The molecular formula is C15H16F4N6. The van der Waals surface area contributed by atoms with Crippen molar-refractivity contribution in [1.82, 2.24) is 19.9 Å². The molecular weight excluding hydrogens is 340 g/mol. The van der Waals surface area contributed by atoms with Crippen molar-refractivity contribution in [3.63, 3.8) is 0 Å². The highest BCUT2D eigenvalue weighted by molar-refractivity contribution is 5.44. The van der Waals surface area contributed by atoms with Crippen molar-refractivity contribution in [3.8, 4) is 0 Å². The van der Waals surface area contributed by atoms with Gasteiger partial charge >= 0.3 is 6.18 Å². The summed E-state index contributed by atoms with van der Waals surface area (Å²) in [5.41, 5.74) is -0.709. The van der Waals surface area contributed by atoms with Crippen LogP contribution in [0.2, 0.25) is 0 Å². The lowest BCUT2D eigenvalue weighted by molar-refractivity contribution is -0.141. The molecule has 0 radical (unpaired) electrons. The Labute approximate surface area is 141 Å². The molecule has 2 aromatic heterocycles. The first-order chi connectivity index (χ1) is 11.8. The summed E-state index contributed by atoms with van der Waals surface area (Å²) in [6.07, 6.45) is -3.42. The van der Waals surface area contributed by atoms with Gasteiger partial charge in [-0.15, -0.1) is 0 Å². The summed E-state index contributed by atoms with van der Waals surface area (Å²) >= 11 is 0. The van der Waals surface area contributed by atoms with Crippen molar-refractivity contribution in [2.45, 2.75) is 20.0 Å². The molecule has 3 heterocycles. The highest BCUT2D eigenvalue weighted by Crippen LogP contribution is 2.28. The Morgan fingerprint density at radius 2 is 1.60 bits per heavy atom. The number of aromatic nitrogens is 4. The number of alkyl halides is 3. The van der Waals surface area contributed by atoms with Gasteiger partial charge in [0.1, 0.15) is 11.5 Å². The van der Waals surface area contributed by atoms with Gasteiger partial charge in [0.25, 0.3) is 0 Å². The summed E-state index contributed by atoms with van der Waals surface area (Å²) in [5, 5.41) is 0. The SMILES string of the molecule is Cc1nc(C)c(F)c(N2CCN(c3nccc(C(F)(F)F)n3)CC2)n1.